The maximum atomic E-state index is 13.7. The first-order chi connectivity index (χ1) is 9.29. The Morgan fingerprint density at radius 2 is 1.90 bits per heavy atom. The van der Waals surface area contributed by atoms with Crippen LogP contribution >= 0.6 is 11.6 Å². The summed E-state index contributed by atoms with van der Waals surface area (Å²) in [6.07, 6.45) is -3.76. The lowest BCUT2D eigenvalue weighted by atomic mass is 10.2. The Bertz CT molecular complexity index is 643. The zero-order chi connectivity index (χ0) is 14.9. The van der Waals surface area contributed by atoms with Crippen LogP contribution in [0.4, 0.5) is 34.6 Å². The first kappa shape index (κ1) is 14.4. The lowest BCUT2D eigenvalue weighted by Crippen LogP contribution is -2.10. The van der Waals surface area contributed by atoms with E-state index < -0.39 is 17.7 Å². The lowest BCUT2D eigenvalue weighted by molar-refractivity contribution is -0.141. The molecule has 0 atom stereocenters. The summed E-state index contributed by atoms with van der Waals surface area (Å²) in [5.41, 5.74) is 4.17. The summed E-state index contributed by atoms with van der Waals surface area (Å²) in [4.78, 5) is 3.18. The molecule has 3 N–H and O–H groups in total. The van der Waals surface area contributed by atoms with Gasteiger partial charge in [-0.1, -0.05) is 17.7 Å². The Morgan fingerprint density at radius 1 is 1.20 bits per heavy atom. The zero-order valence-corrected chi connectivity index (χ0v) is 10.6. The third kappa shape index (κ3) is 2.93. The SMILES string of the molecule is Nc1cnc(C(F)(F)F)cc1Nc1cccc(Cl)c1F. The highest BCUT2D eigenvalue weighted by atomic mass is 35.5. The number of benzene rings is 1. The van der Waals surface area contributed by atoms with Crippen molar-refractivity contribution in [2.24, 2.45) is 0 Å². The van der Waals surface area contributed by atoms with Crippen molar-refractivity contribution >= 4 is 28.7 Å². The predicted molar refractivity (Wildman–Crippen MR) is 68.3 cm³/mol. The molecular formula is C12H8ClF4N3. The summed E-state index contributed by atoms with van der Waals surface area (Å²) < 4.78 is 51.3. The Labute approximate surface area is 116 Å². The minimum Gasteiger partial charge on any atom is -0.396 e. The van der Waals surface area contributed by atoms with E-state index in [0.717, 1.165) is 6.20 Å². The Kier molecular flexibility index (Phi) is 3.71. The smallest absolute Gasteiger partial charge is 0.396 e. The van der Waals surface area contributed by atoms with Gasteiger partial charge >= 0.3 is 6.18 Å². The van der Waals surface area contributed by atoms with Gasteiger partial charge in [0, 0.05) is 0 Å². The highest BCUT2D eigenvalue weighted by Crippen LogP contribution is 2.33. The maximum absolute atomic E-state index is 13.7. The average molecular weight is 306 g/mol. The van der Waals surface area contributed by atoms with Crippen LogP contribution in [-0.2, 0) is 6.18 Å². The van der Waals surface area contributed by atoms with E-state index >= 15 is 0 Å². The van der Waals surface area contributed by atoms with Gasteiger partial charge in [-0.05, 0) is 18.2 Å². The van der Waals surface area contributed by atoms with Crippen LogP contribution in [0.25, 0.3) is 0 Å². The van der Waals surface area contributed by atoms with Crippen LogP contribution in [0.15, 0.2) is 30.5 Å². The monoisotopic (exact) mass is 305 g/mol. The van der Waals surface area contributed by atoms with Gasteiger partial charge in [-0.3, -0.25) is 0 Å². The van der Waals surface area contributed by atoms with Crippen molar-refractivity contribution in [3.63, 3.8) is 0 Å². The molecular weight excluding hydrogens is 298 g/mol. The third-order valence-electron chi connectivity index (χ3n) is 2.45. The maximum Gasteiger partial charge on any atom is 0.433 e. The molecule has 8 heteroatoms. The number of anilines is 3. The standard InChI is InChI=1S/C12H8ClF4N3/c13-6-2-1-3-8(11(6)14)20-9-4-10(12(15,16)17)19-5-7(9)18/h1-5H,18H2,(H,19,20). The van der Waals surface area contributed by atoms with Gasteiger partial charge in [0.15, 0.2) is 5.82 Å². The van der Waals surface area contributed by atoms with E-state index in [4.69, 9.17) is 17.3 Å². The summed E-state index contributed by atoms with van der Waals surface area (Å²) in [5.74, 6) is -0.779. The highest BCUT2D eigenvalue weighted by Gasteiger charge is 2.33. The third-order valence-corrected chi connectivity index (χ3v) is 2.74. The van der Waals surface area contributed by atoms with Crippen molar-refractivity contribution in [1.29, 1.82) is 0 Å². The van der Waals surface area contributed by atoms with Crippen LogP contribution in [0.2, 0.25) is 5.02 Å². The first-order valence-corrected chi connectivity index (χ1v) is 5.70. The quantitative estimate of drug-likeness (QED) is 0.817. The van der Waals surface area contributed by atoms with E-state index in [0.29, 0.717) is 6.07 Å². The van der Waals surface area contributed by atoms with E-state index in [1.165, 1.54) is 18.2 Å². The van der Waals surface area contributed by atoms with Crippen LogP contribution in [0, 0.1) is 5.82 Å². The molecule has 1 aromatic heterocycles. The fourth-order valence-corrected chi connectivity index (χ4v) is 1.65. The summed E-state index contributed by atoms with van der Waals surface area (Å²) >= 11 is 5.59. The number of hydrogen-bond acceptors (Lipinski definition) is 3. The van der Waals surface area contributed by atoms with E-state index in [1.54, 1.807) is 0 Å². The van der Waals surface area contributed by atoms with Gasteiger partial charge in [0.1, 0.15) is 5.69 Å². The van der Waals surface area contributed by atoms with Gasteiger partial charge < -0.3 is 11.1 Å². The molecule has 0 saturated carbocycles. The van der Waals surface area contributed by atoms with Crippen molar-refractivity contribution < 1.29 is 17.6 Å². The van der Waals surface area contributed by atoms with E-state index in [-0.39, 0.29) is 22.1 Å². The molecule has 1 aromatic carbocycles. The second-order valence-electron chi connectivity index (χ2n) is 3.88. The molecule has 0 amide bonds. The average Bonchev–Trinajstić information content (AvgIpc) is 2.36. The van der Waals surface area contributed by atoms with Gasteiger partial charge in [-0.25, -0.2) is 9.37 Å². The van der Waals surface area contributed by atoms with Crippen molar-refractivity contribution in [2.45, 2.75) is 6.18 Å². The topological polar surface area (TPSA) is 50.9 Å². The largest absolute Gasteiger partial charge is 0.433 e. The molecule has 0 aliphatic heterocycles. The lowest BCUT2D eigenvalue weighted by Gasteiger charge is -2.13. The van der Waals surface area contributed by atoms with E-state index in [2.05, 4.69) is 10.3 Å². The van der Waals surface area contributed by atoms with Gasteiger partial charge in [-0.15, -0.1) is 0 Å². The van der Waals surface area contributed by atoms with E-state index in [9.17, 15) is 17.6 Å². The summed E-state index contributed by atoms with van der Waals surface area (Å²) in [7, 11) is 0. The molecule has 0 radical (unpaired) electrons. The van der Waals surface area contributed by atoms with Crippen LogP contribution in [-0.4, -0.2) is 4.98 Å². The molecule has 0 fully saturated rings. The molecule has 0 spiro atoms. The van der Waals surface area contributed by atoms with Gasteiger partial charge in [0.2, 0.25) is 0 Å². The predicted octanol–water partition coefficient (Wildman–Crippen LogP) is 4.22. The number of nitrogen functional groups attached to an aromatic ring is 1. The highest BCUT2D eigenvalue weighted by molar-refractivity contribution is 6.31. The normalized spacial score (nSPS) is 11.4. The summed E-state index contributed by atoms with van der Waals surface area (Å²) in [5, 5.41) is 2.32. The summed E-state index contributed by atoms with van der Waals surface area (Å²) in [6, 6.07) is 4.80. The molecule has 0 unspecified atom stereocenters. The van der Waals surface area contributed by atoms with Crippen molar-refractivity contribution in [3.8, 4) is 0 Å². The fourth-order valence-electron chi connectivity index (χ4n) is 1.47. The Hall–Kier alpha value is -2.02. The molecule has 2 rings (SSSR count). The van der Waals surface area contributed by atoms with Crippen molar-refractivity contribution in [2.75, 3.05) is 11.1 Å². The van der Waals surface area contributed by atoms with Crippen molar-refractivity contribution in [1.82, 2.24) is 4.98 Å². The number of rotatable bonds is 2. The van der Waals surface area contributed by atoms with Crippen LogP contribution in [0.5, 0.6) is 0 Å². The molecule has 0 aliphatic carbocycles. The number of nitrogens with one attached hydrogen (secondary N) is 1. The van der Waals surface area contributed by atoms with Crippen molar-refractivity contribution in [3.05, 3.63) is 47.0 Å². The van der Waals surface area contributed by atoms with Crippen LogP contribution in [0.1, 0.15) is 5.69 Å². The van der Waals surface area contributed by atoms with Crippen LogP contribution in [0.3, 0.4) is 0 Å². The summed E-state index contributed by atoms with van der Waals surface area (Å²) in [6.45, 7) is 0. The Morgan fingerprint density at radius 3 is 2.55 bits per heavy atom. The van der Waals surface area contributed by atoms with Crippen LogP contribution < -0.4 is 11.1 Å². The molecule has 20 heavy (non-hydrogen) atoms. The molecule has 3 nitrogen and oxygen atoms in total. The van der Waals surface area contributed by atoms with E-state index in [1.807, 2.05) is 0 Å². The van der Waals surface area contributed by atoms with Gasteiger partial charge in [0.25, 0.3) is 0 Å². The number of hydrogen-bond donors (Lipinski definition) is 2. The second-order valence-corrected chi connectivity index (χ2v) is 4.29. The molecule has 1 heterocycles. The first-order valence-electron chi connectivity index (χ1n) is 5.33. The number of pyridine rings is 1. The minimum atomic E-state index is -4.61. The number of aromatic nitrogens is 1. The minimum absolute atomic E-state index is 0.0441. The molecule has 106 valence electrons. The Balaban J connectivity index is 2.41. The molecule has 0 aliphatic rings. The number of alkyl halides is 3. The fraction of sp³-hybridized carbons (Fsp3) is 0.0833. The molecule has 0 bridgehead atoms. The molecule has 0 saturated heterocycles. The zero-order valence-electron chi connectivity index (χ0n) is 9.80. The number of halogens is 5. The van der Waals surface area contributed by atoms with Gasteiger partial charge in [0.05, 0.1) is 28.3 Å². The van der Waals surface area contributed by atoms with Gasteiger partial charge in [-0.2, -0.15) is 13.2 Å². The second kappa shape index (κ2) is 5.16. The number of nitrogens with zero attached hydrogens (tertiary/aromatic N) is 1. The molecule has 2 aromatic rings. The number of nitrogens with two attached hydrogens (primary N) is 1.